The number of rotatable bonds is 13. The number of aryl methyl sites for hydroxylation is 1. The van der Waals surface area contributed by atoms with E-state index in [9.17, 15) is 26.2 Å². The molecule has 230 valence electrons. The predicted octanol–water partition coefficient (Wildman–Crippen LogP) is 4.58. The Balaban J connectivity index is 0.00000506. The number of halogens is 3. The summed E-state index contributed by atoms with van der Waals surface area (Å²) in [5.41, 5.74) is 3.54. The molecule has 2 heterocycles. The van der Waals surface area contributed by atoms with Crippen molar-refractivity contribution in [3.05, 3.63) is 54.2 Å². The SMILES string of the molecule is CCS(=O)(=O)c1cccc(-c2ccc(OCCCN(CCOP(=O)(O)O)CC(F)(F)F)c3[nH]c4ncc(C)cc4c23)c1.[NaH]. The van der Waals surface area contributed by atoms with E-state index in [4.69, 9.17) is 14.5 Å². The Morgan fingerprint density at radius 2 is 1.84 bits per heavy atom. The summed E-state index contributed by atoms with van der Waals surface area (Å²) in [5.74, 6) is 0.403. The minimum atomic E-state index is -4.79. The van der Waals surface area contributed by atoms with Crippen LogP contribution in [0.1, 0.15) is 18.9 Å². The fourth-order valence-electron chi connectivity index (χ4n) is 4.63. The van der Waals surface area contributed by atoms with Crippen molar-refractivity contribution in [2.75, 3.05) is 38.6 Å². The van der Waals surface area contributed by atoms with E-state index in [-0.39, 0.29) is 66.3 Å². The summed E-state index contributed by atoms with van der Waals surface area (Å²) in [4.78, 5) is 26.5. The molecule has 0 bridgehead atoms. The molecule has 16 heteroatoms. The third kappa shape index (κ3) is 9.49. The third-order valence-electron chi connectivity index (χ3n) is 6.53. The van der Waals surface area contributed by atoms with E-state index in [1.165, 1.54) is 0 Å². The summed E-state index contributed by atoms with van der Waals surface area (Å²) in [5, 5.41) is 1.56. The number of hydrogen-bond acceptors (Lipinski definition) is 7. The van der Waals surface area contributed by atoms with E-state index >= 15 is 0 Å². The quantitative estimate of drug-likeness (QED) is 0.107. The number of sulfone groups is 1. The zero-order valence-corrected chi connectivity index (χ0v) is 24.6. The normalized spacial score (nSPS) is 12.7. The summed E-state index contributed by atoms with van der Waals surface area (Å²) in [7, 11) is -8.23. The van der Waals surface area contributed by atoms with E-state index in [2.05, 4.69) is 14.5 Å². The van der Waals surface area contributed by atoms with Crippen LogP contribution in [0.4, 0.5) is 13.2 Å². The standard InChI is InChI=1S/C27H31F3N3O7PS.Na.H/c1-3-42(37,38)20-7-4-6-19(15-20)21-8-9-23(25-24(21)22-14-18(2)16-31-26(22)32-25)39-12-5-10-33(17-27(28,29)30)11-13-40-41(34,35)36;;/h4,6-9,14-16H,3,5,10-13,17H2,1-2H3,(H,31,32)(H2,34,35,36);;. The number of benzene rings is 2. The fraction of sp³-hybridized carbons (Fsp3) is 0.370. The first-order valence-electron chi connectivity index (χ1n) is 13.0. The molecule has 0 aliphatic carbocycles. The van der Waals surface area contributed by atoms with E-state index in [0.29, 0.717) is 22.5 Å². The monoisotopic (exact) mass is 653 g/mol. The number of nitrogens with zero attached hydrogens (tertiary/aromatic N) is 2. The third-order valence-corrected chi connectivity index (χ3v) is 8.79. The number of ether oxygens (including phenoxy) is 1. The Morgan fingerprint density at radius 1 is 1.09 bits per heavy atom. The molecule has 2 aromatic heterocycles. The zero-order valence-electron chi connectivity index (χ0n) is 22.9. The molecular weight excluding hydrogens is 621 g/mol. The van der Waals surface area contributed by atoms with Crippen LogP contribution >= 0.6 is 7.82 Å². The van der Waals surface area contributed by atoms with Gasteiger partial charge in [0.05, 0.1) is 35.9 Å². The molecule has 0 aliphatic heterocycles. The molecule has 4 aromatic rings. The van der Waals surface area contributed by atoms with Crippen molar-refractivity contribution in [1.29, 1.82) is 0 Å². The molecule has 0 saturated carbocycles. The van der Waals surface area contributed by atoms with Crippen molar-refractivity contribution < 1.29 is 45.2 Å². The van der Waals surface area contributed by atoms with Crippen LogP contribution in [-0.4, -0.2) is 107 Å². The number of phosphoric acid groups is 1. The van der Waals surface area contributed by atoms with Crippen molar-refractivity contribution in [2.45, 2.75) is 31.3 Å². The average molecular weight is 654 g/mol. The van der Waals surface area contributed by atoms with E-state index in [1.54, 1.807) is 43.5 Å². The van der Waals surface area contributed by atoms with Gasteiger partial charge in [0.2, 0.25) is 0 Å². The zero-order chi connectivity index (χ0) is 30.7. The van der Waals surface area contributed by atoms with E-state index in [0.717, 1.165) is 26.8 Å². The van der Waals surface area contributed by atoms with Gasteiger partial charge in [-0.25, -0.2) is 18.0 Å². The second-order valence-corrected chi connectivity index (χ2v) is 13.3. The van der Waals surface area contributed by atoms with E-state index < -0.39 is 37.0 Å². The van der Waals surface area contributed by atoms with Gasteiger partial charge < -0.3 is 19.5 Å². The van der Waals surface area contributed by atoms with Crippen molar-refractivity contribution in [2.24, 2.45) is 0 Å². The van der Waals surface area contributed by atoms with Crippen LogP contribution in [0.3, 0.4) is 0 Å². The summed E-state index contributed by atoms with van der Waals surface area (Å²) in [6, 6.07) is 12.2. The van der Waals surface area contributed by atoms with Gasteiger partial charge in [-0.15, -0.1) is 0 Å². The van der Waals surface area contributed by atoms with Crippen LogP contribution in [0, 0.1) is 6.92 Å². The van der Waals surface area contributed by atoms with Gasteiger partial charge in [0.15, 0.2) is 9.84 Å². The van der Waals surface area contributed by atoms with Crippen LogP contribution in [0.25, 0.3) is 33.1 Å². The topological polar surface area (TPSA) is 142 Å². The molecule has 0 atom stereocenters. The number of pyridine rings is 1. The van der Waals surface area contributed by atoms with Crippen molar-refractivity contribution in [1.82, 2.24) is 14.9 Å². The van der Waals surface area contributed by atoms with Gasteiger partial charge in [0.25, 0.3) is 0 Å². The van der Waals surface area contributed by atoms with Gasteiger partial charge in [-0.3, -0.25) is 9.42 Å². The molecule has 2 aromatic carbocycles. The summed E-state index contributed by atoms with van der Waals surface area (Å²) < 4.78 is 85.3. The maximum atomic E-state index is 13.0. The first kappa shape index (κ1) is 35.5. The number of hydrogen-bond donors (Lipinski definition) is 3. The number of H-pyrrole nitrogens is 1. The first-order valence-corrected chi connectivity index (χ1v) is 16.2. The van der Waals surface area contributed by atoms with Gasteiger partial charge in [-0.05, 0) is 60.4 Å². The number of fused-ring (bicyclic) bond motifs is 3. The Labute approximate surface area is 269 Å². The Kier molecular flexibility index (Phi) is 11.9. The Bertz CT molecular complexity index is 1730. The van der Waals surface area contributed by atoms with Crippen molar-refractivity contribution >= 4 is 69.2 Å². The molecule has 0 amide bonds. The average Bonchev–Trinajstić information content (AvgIpc) is 3.28. The van der Waals surface area contributed by atoms with Crippen LogP contribution < -0.4 is 4.74 Å². The predicted molar refractivity (Wildman–Crippen MR) is 159 cm³/mol. The number of phosphoric ester groups is 1. The van der Waals surface area contributed by atoms with Crippen molar-refractivity contribution in [3.63, 3.8) is 0 Å². The van der Waals surface area contributed by atoms with Crippen molar-refractivity contribution in [3.8, 4) is 16.9 Å². The number of nitrogens with one attached hydrogen (secondary N) is 1. The maximum absolute atomic E-state index is 13.0. The fourth-order valence-corrected chi connectivity index (χ4v) is 5.88. The van der Waals surface area contributed by atoms with Gasteiger partial charge in [-0.1, -0.05) is 19.1 Å². The summed E-state index contributed by atoms with van der Waals surface area (Å²) in [6.07, 6.45) is -2.62. The second-order valence-electron chi connectivity index (χ2n) is 9.74. The molecule has 10 nitrogen and oxygen atoms in total. The molecule has 0 unspecified atom stereocenters. The van der Waals surface area contributed by atoms with Gasteiger partial charge in [0.1, 0.15) is 11.4 Å². The minimum absolute atomic E-state index is 0. The van der Waals surface area contributed by atoms with Gasteiger partial charge in [0, 0.05) is 30.1 Å². The first-order chi connectivity index (χ1) is 19.7. The number of aromatic amines is 1. The van der Waals surface area contributed by atoms with E-state index in [1.807, 2.05) is 19.1 Å². The number of aromatic nitrogens is 2. The summed E-state index contributed by atoms with van der Waals surface area (Å²) in [6.45, 7) is 1.31. The molecule has 43 heavy (non-hydrogen) atoms. The molecule has 0 spiro atoms. The molecule has 0 radical (unpaired) electrons. The van der Waals surface area contributed by atoms with Crippen LogP contribution in [-0.2, 0) is 18.9 Å². The number of alkyl halides is 3. The molecule has 0 fully saturated rings. The second kappa shape index (κ2) is 14.4. The van der Waals surface area contributed by atoms with Gasteiger partial charge in [-0.2, -0.15) is 13.2 Å². The van der Waals surface area contributed by atoms with Crippen LogP contribution in [0.2, 0.25) is 0 Å². The van der Waals surface area contributed by atoms with Crippen LogP contribution in [0.15, 0.2) is 53.6 Å². The molecule has 3 N–H and O–H groups in total. The summed E-state index contributed by atoms with van der Waals surface area (Å²) >= 11 is 0. The van der Waals surface area contributed by atoms with Gasteiger partial charge >= 0.3 is 43.6 Å². The Hall–Kier alpha value is -2.00. The molecule has 0 saturated heterocycles. The molecule has 0 aliphatic rings. The Morgan fingerprint density at radius 3 is 2.51 bits per heavy atom. The van der Waals surface area contributed by atoms with Crippen LogP contribution in [0.5, 0.6) is 5.75 Å². The molecular formula is C27H32F3N3NaO7PS. The molecule has 4 rings (SSSR count).